The molecule has 1 fully saturated rings. The standard InChI is InChI=1S/C25H26FN5O/c1-17-10-18(15-30(17)25(32)9-7-19-4-2-3-5-23(19)26)16-31-24-8-6-20(11-21(24)14-29-31)22-12-27-28-13-22/h2-6,8,11-14,17-18H,7,9-10,15-16H2,1H3,(H,27,28)/t17-,18-/m0/s1. The molecule has 7 heteroatoms. The number of hydrogen-bond acceptors (Lipinski definition) is 3. The number of carbonyl (C=O) groups is 1. The lowest BCUT2D eigenvalue weighted by molar-refractivity contribution is -0.131. The van der Waals surface area contributed by atoms with Crippen molar-refractivity contribution >= 4 is 16.8 Å². The summed E-state index contributed by atoms with van der Waals surface area (Å²) in [7, 11) is 0. The molecule has 0 unspecified atom stereocenters. The second-order valence-corrected chi connectivity index (χ2v) is 8.68. The third-order valence-electron chi connectivity index (χ3n) is 6.45. The first-order valence-corrected chi connectivity index (χ1v) is 11.1. The lowest BCUT2D eigenvalue weighted by Crippen LogP contribution is -2.34. The van der Waals surface area contributed by atoms with Gasteiger partial charge in [-0.2, -0.15) is 10.2 Å². The van der Waals surface area contributed by atoms with E-state index in [4.69, 9.17) is 0 Å². The van der Waals surface area contributed by atoms with E-state index in [0.717, 1.165) is 35.0 Å². The van der Waals surface area contributed by atoms with Gasteiger partial charge in [-0.1, -0.05) is 24.3 Å². The maximum absolute atomic E-state index is 13.9. The van der Waals surface area contributed by atoms with Gasteiger partial charge in [0.25, 0.3) is 0 Å². The molecule has 6 nitrogen and oxygen atoms in total. The molecule has 1 saturated heterocycles. The van der Waals surface area contributed by atoms with Crippen LogP contribution in [0.25, 0.3) is 22.0 Å². The molecule has 0 saturated carbocycles. The minimum atomic E-state index is -0.242. The maximum Gasteiger partial charge on any atom is 0.223 e. The highest BCUT2D eigenvalue weighted by molar-refractivity contribution is 5.84. The van der Waals surface area contributed by atoms with Crippen molar-refractivity contribution in [1.82, 2.24) is 24.9 Å². The highest BCUT2D eigenvalue weighted by Gasteiger charge is 2.32. The SMILES string of the molecule is C[C@H]1C[C@H](Cn2ncc3cc(-c4cn[nH]c4)ccc32)CN1C(=O)CCc1ccccc1F. The van der Waals surface area contributed by atoms with E-state index in [2.05, 4.69) is 40.4 Å². The van der Waals surface area contributed by atoms with Crippen molar-refractivity contribution in [3.05, 3.63) is 72.4 Å². The van der Waals surface area contributed by atoms with Gasteiger partial charge in [0.1, 0.15) is 5.82 Å². The van der Waals surface area contributed by atoms with Crippen LogP contribution >= 0.6 is 0 Å². The highest BCUT2D eigenvalue weighted by Crippen LogP contribution is 2.28. The van der Waals surface area contributed by atoms with Crippen LogP contribution in [-0.2, 0) is 17.8 Å². The normalized spacial score (nSPS) is 18.5. The van der Waals surface area contributed by atoms with E-state index in [1.807, 2.05) is 34.2 Å². The Morgan fingerprint density at radius 1 is 1.19 bits per heavy atom. The summed E-state index contributed by atoms with van der Waals surface area (Å²) in [5.74, 6) is 0.200. The van der Waals surface area contributed by atoms with E-state index < -0.39 is 0 Å². The van der Waals surface area contributed by atoms with Crippen LogP contribution in [0.2, 0.25) is 0 Å². The number of nitrogens with zero attached hydrogens (tertiary/aromatic N) is 4. The average molecular weight is 432 g/mol. The molecule has 3 heterocycles. The summed E-state index contributed by atoms with van der Waals surface area (Å²) in [4.78, 5) is 14.8. The number of aromatic amines is 1. The van der Waals surface area contributed by atoms with Crippen molar-refractivity contribution in [2.75, 3.05) is 6.54 Å². The zero-order valence-corrected chi connectivity index (χ0v) is 18.0. The number of rotatable bonds is 6. The fourth-order valence-corrected chi connectivity index (χ4v) is 4.77. The molecule has 32 heavy (non-hydrogen) atoms. The molecule has 0 radical (unpaired) electrons. The predicted octanol–water partition coefficient (Wildman–Crippen LogP) is 4.44. The summed E-state index contributed by atoms with van der Waals surface area (Å²) in [6, 6.07) is 13.2. The van der Waals surface area contributed by atoms with Gasteiger partial charge in [0.2, 0.25) is 5.91 Å². The average Bonchev–Trinajstić information content (AvgIpc) is 3.54. The van der Waals surface area contributed by atoms with Crippen LogP contribution in [0.3, 0.4) is 0 Å². The van der Waals surface area contributed by atoms with Gasteiger partial charge in [-0.3, -0.25) is 14.6 Å². The van der Waals surface area contributed by atoms with Crippen LogP contribution in [0, 0.1) is 11.7 Å². The Morgan fingerprint density at radius 2 is 2.06 bits per heavy atom. The van der Waals surface area contributed by atoms with Gasteiger partial charge in [-0.25, -0.2) is 4.39 Å². The van der Waals surface area contributed by atoms with E-state index >= 15 is 0 Å². The van der Waals surface area contributed by atoms with Crippen molar-refractivity contribution < 1.29 is 9.18 Å². The predicted molar refractivity (Wildman–Crippen MR) is 121 cm³/mol. The van der Waals surface area contributed by atoms with E-state index in [1.54, 1.807) is 12.1 Å². The molecule has 2 aromatic heterocycles. The molecule has 0 aliphatic carbocycles. The van der Waals surface area contributed by atoms with Gasteiger partial charge in [-0.05, 0) is 55.0 Å². The summed E-state index contributed by atoms with van der Waals surface area (Å²) in [6.07, 6.45) is 7.29. The Morgan fingerprint density at radius 3 is 2.88 bits per heavy atom. The number of hydrogen-bond donors (Lipinski definition) is 1. The van der Waals surface area contributed by atoms with Crippen LogP contribution in [0.5, 0.6) is 0 Å². The molecule has 5 rings (SSSR count). The largest absolute Gasteiger partial charge is 0.340 e. The number of halogens is 1. The third kappa shape index (κ3) is 4.02. The van der Waals surface area contributed by atoms with Crippen molar-refractivity contribution in [2.45, 2.75) is 38.8 Å². The zero-order chi connectivity index (χ0) is 22.1. The zero-order valence-electron chi connectivity index (χ0n) is 18.0. The number of benzene rings is 2. The number of carbonyl (C=O) groups excluding carboxylic acids is 1. The van der Waals surface area contributed by atoms with E-state index in [1.165, 1.54) is 6.07 Å². The molecule has 1 N–H and O–H groups in total. The number of nitrogens with one attached hydrogen (secondary N) is 1. The molecule has 0 spiro atoms. The number of aromatic nitrogens is 4. The molecule has 1 amide bonds. The maximum atomic E-state index is 13.9. The lowest BCUT2D eigenvalue weighted by atomic mass is 10.1. The number of amides is 1. The number of aryl methyl sites for hydroxylation is 1. The summed E-state index contributed by atoms with van der Waals surface area (Å²) in [6.45, 7) is 3.58. The molecule has 1 aliphatic heterocycles. The van der Waals surface area contributed by atoms with Crippen molar-refractivity contribution in [2.24, 2.45) is 5.92 Å². The first kappa shape index (κ1) is 20.4. The second kappa shape index (κ2) is 8.57. The minimum absolute atomic E-state index is 0.0957. The van der Waals surface area contributed by atoms with Crippen molar-refractivity contribution in [3.63, 3.8) is 0 Å². The third-order valence-corrected chi connectivity index (χ3v) is 6.45. The monoisotopic (exact) mass is 431 g/mol. The van der Waals surface area contributed by atoms with Crippen LogP contribution in [0.1, 0.15) is 25.3 Å². The van der Waals surface area contributed by atoms with Gasteiger partial charge in [-0.15, -0.1) is 0 Å². The second-order valence-electron chi connectivity index (χ2n) is 8.68. The Bertz CT molecular complexity index is 1230. The Labute approximate surface area is 186 Å². The van der Waals surface area contributed by atoms with E-state index in [0.29, 0.717) is 30.9 Å². The van der Waals surface area contributed by atoms with Crippen LogP contribution in [0.4, 0.5) is 4.39 Å². The van der Waals surface area contributed by atoms with Crippen LogP contribution in [0.15, 0.2) is 61.1 Å². The van der Waals surface area contributed by atoms with Gasteiger partial charge in [0.05, 0.1) is 17.9 Å². The van der Waals surface area contributed by atoms with Gasteiger partial charge in [0.15, 0.2) is 0 Å². The van der Waals surface area contributed by atoms with Crippen molar-refractivity contribution in [1.29, 1.82) is 0 Å². The molecular formula is C25H26FN5O. The van der Waals surface area contributed by atoms with Crippen molar-refractivity contribution in [3.8, 4) is 11.1 Å². The molecule has 4 aromatic rings. The number of fused-ring (bicyclic) bond motifs is 1. The van der Waals surface area contributed by atoms with Gasteiger partial charge >= 0.3 is 0 Å². The molecule has 2 atom stereocenters. The molecule has 0 bridgehead atoms. The van der Waals surface area contributed by atoms with Crippen LogP contribution < -0.4 is 0 Å². The molecule has 2 aromatic carbocycles. The lowest BCUT2D eigenvalue weighted by Gasteiger charge is -2.21. The topological polar surface area (TPSA) is 66.8 Å². The molecule has 1 aliphatic rings. The Hall–Kier alpha value is -3.48. The fraction of sp³-hybridized carbons (Fsp3) is 0.320. The molecular weight excluding hydrogens is 405 g/mol. The van der Waals surface area contributed by atoms with Gasteiger partial charge < -0.3 is 4.90 Å². The quantitative estimate of drug-likeness (QED) is 0.491. The van der Waals surface area contributed by atoms with Crippen LogP contribution in [-0.4, -0.2) is 43.4 Å². The smallest absolute Gasteiger partial charge is 0.223 e. The highest BCUT2D eigenvalue weighted by atomic mass is 19.1. The number of likely N-dealkylation sites (tertiary alicyclic amines) is 1. The Kier molecular flexibility index (Phi) is 5.47. The fourth-order valence-electron chi connectivity index (χ4n) is 4.77. The molecule has 164 valence electrons. The van der Waals surface area contributed by atoms with E-state index in [-0.39, 0.29) is 17.8 Å². The summed E-state index contributed by atoms with van der Waals surface area (Å²) in [5.41, 5.74) is 3.84. The summed E-state index contributed by atoms with van der Waals surface area (Å²) >= 11 is 0. The first-order valence-electron chi connectivity index (χ1n) is 11.1. The summed E-state index contributed by atoms with van der Waals surface area (Å²) in [5, 5.41) is 12.6. The first-order chi connectivity index (χ1) is 15.6. The minimum Gasteiger partial charge on any atom is -0.340 e. The van der Waals surface area contributed by atoms with Gasteiger partial charge in [0, 0.05) is 42.7 Å². The van der Waals surface area contributed by atoms with E-state index in [9.17, 15) is 9.18 Å². The number of H-pyrrole nitrogens is 1. The Balaban J connectivity index is 1.23. The summed E-state index contributed by atoms with van der Waals surface area (Å²) < 4.78 is 15.9.